The Morgan fingerprint density at radius 2 is 1.38 bits per heavy atom. The van der Waals surface area contributed by atoms with E-state index < -0.39 is 18.1 Å². The highest BCUT2D eigenvalue weighted by molar-refractivity contribution is 6.04. The number of allylic oxidation sites excluding steroid dienone is 2. The summed E-state index contributed by atoms with van der Waals surface area (Å²) in [6.07, 6.45) is 3.82. The number of aliphatic carboxylic acids is 1. The van der Waals surface area contributed by atoms with E-state index in [1.54, 1.807) is 30.3 Å². The lowest BCUT2D eigenvalue weighted by atomic mass is 10.1. The number of hydrogen-bond donors (Lipinski definition) is 1. The van der Waals surface area contributed by atoms with Crippen LogP contribution in [-0.2, 0) is 16.0 Å². The van der Waals surface area contributed by atoms with Gasteiger partial charge in [0.25, 0.3) is 0 Å². The van der Waals surface area contributed by atoms with E-state index in [0.29, 0.717) is 12.0 Å². The predicted molar refractivity (Wildman–Crippen MR) is 103 cm³/mol. The molecule has 0 atom stereocenters. The molecule has 2 aromatic rings. The molecule has 7 heteroatoms. The van der Waals surface area contributed by atoms with Crippen LogP contribution >= 0.6 is 0 Å². The first-order valence-electron chi connectivity index (χ1n) is 8.53. The number of rotatable bonds is 9. The van der Waals surface area contributed by atoms with Crippen molar-refractivity contribution < 1.29 is 32.6 Å². The van der Waals surface area contributed by atoms with Crippen molar-refractivity contribution in [3.8, 4) is 5.75 Å². The summed E-state index contributed by atoms with van der Waals surface area (Å²) in [4.78, 5) is 22.5. The van der Waals surface area contributed by atoms with Crippen LogP contribution in [0.15, 0.2) is 72.8 Å². The first kappa shape index (κ1) is 21.7. The molecule has 29 heavy (non-hydrogen) atoms. The molecule has 0 saturated carbocycles. The first-order chi connectivity index (χ1) is 13.8. The maximum atomic E-state index is 12.7. The number of carbonyl (C=O) groups is 2. The van der Waals surface area contributed by atoms with Gasteiger partial charge in [-0.3, -0.25) is 9.59 Å². The summed E-state index contributed by atoms with van der Waals surface area (Å²) in [5.74, 6) is -1.22. The summed E-state index contributed by atoms with van der Waals surface area (Å²) in [6, 6.07) is 10.8. The molecule has 1 N–H and O–H groups in total. The van der Waals surface area contributed by atoms with Crippen LogP contribution in [0, 0.1) is 0 Å². The Bertz CT molecular complexity index is 939. The maximum Gasteiger partial charge on any atom is 0.344 e. The highest BCUT2D eigenvalue weighted by atomic mass is 19.3. The van der Waals surface area contributed by atoms with Crippen molar-refractivity contribution >= 4 is 23.9 Å². The fourth-order valence-corrected chi connectivity index (χ4v) is 2.25. The molecule has 0 saturated heterocycles. The molecule has 4 nitrogen and oxygen atoms in total. The van der Waals surface area contributed by atoms with E-state index in [9.17, 15) is 22.8 Å². The summed E-state index contributed by atoms with van der Waals surface area (Å²) in [6.45, 7) is 0. The molecule has 0 unspecified atom stereocenters. The molecule has 0 spiro atoms. The third-order valence-electron chi connectivity index (χ3n) is 3.72. The molecule has 0 aliphatic rings. The lowest BCUT2D eigenvalue weighted by Gasteiger charge is -2.01. The quantitative estimate of drug-likeness (QED) is 0.450. The van der Waals surface area contributed by atoms with E-state index in [2.05, 4.69) is 4.74 Å². The third-order valence-corrected chi connectivity index (χ3v) is 3.72. The van der Waals surface area contributed by atoms with Gasteiger partial charge in [-0.05, 0) is 47.4 Å². The third kappa shape index (κ3) is 7.88. The Morgan fingerprint density at radius 3 is 1.86 bits per heavy atom. The molecule has 0 aromatic heterocycles. The normalized spacial score (nSPS) is 11.0. The molecule has 0 radical (unpaired) electrons. The molecule has 0 fully saturated rings. The van der Waals surface area contributed by atoms with Crippen LogP contribution in [0.1, 0.15) is 23.1 Å². The minimum absolute atomic E-state index is 0.0595. The number of aryl methyl sites for hydroxylation is 1. The van der Waals surface area contributed by atoms with Crippen molar-refractivity contribution in [3.63, 3.8) is 0 Å². The maximum absolute atomic E-state index is 12.7. The predicted octanol–water partition coefficient (Wildman–Crippen LogP) is 5.41. The molecule has 2 rings (SSSR count). The lowest BCUT2D eigenvalue weighted by molar-refractivity contribution is -0.137. The van der Waals surface area contributed by atoms with E-state index in [1.807, 2.05) is 0 Å². The van der Waals surface area contributed by atoms with Gasteiger partial charge in [0.15, 0.2) is 5.78 Å². The van der Waals surface area contributed by atoms with E-state index in [-0.39, 0.29) is 18.0 Å². The zero-order chi connectivity index (χ0) is 21.2. The number of carboxylic acids is 1. The van der Waals surface area contributed by atoms with Crippen LogP contribution in [0.4, 0.5) is 13.2 Å². The van der Waals surface area contributed by atoms with E-state index >= 15 is 0 Å². The van der Waals surface area contributed by atoms with Crippen LogP contribution in [0.25, 0.3) is 12.2 Å². The summed E-state index contributed by atoms with van der Waals surface area (Å²) < 4.78 is 41.0. The Kier molecular flexibility index (Phi) is 7.97. The van der Waals surface area contributed by atoms with E-state index in [0.717, 1.165) is 11.1 Å². The van der Waals surface area contributed by atoms with Crippen LogP contribution in [0.2, 0.25) is 0 Å². The minimum Gasteiger partial charge on any atom is -0.481 e. The molecule has 0 aliphatic carbocycles. The fraction of sp³-hybridized carbons (Fsp3) is 0.0909. The zero-order valence-electron chi connectivity index (χ0n) is 15.1. The van der Waals surface area contributed by atoms with Crippen molar-refractivity contribution in [2.24, 2.45) is 0 Å². The van der Waals surface area contributed by atoms with Crippen molar-refractivity contribution in [1.29, 1.82) is 0 Å². The first-order valence-corrected chi connectivity index (χ1v) is 8.53. The fourth-order valence-electron chi connectivity index (χ4n) is 2.25. The van der Waals surface area contributed by atoms with Gasteiger partial charge in [-0.2, -0.15) is 13.2 Å². The second-order valence-corrected chi connectivity index (χ2v) is 5.91. The summed E-state index contributed by atoms with van der Waals surface area (Å²) in [7, 11) is 0. The largest absolute Gasteiger partial charge is 0.481 e. The molecule has 2 aromatic carbocycles. The number of benzene rings is 2. The van der Waals surface area contributed by atoms with E-state index in [4.69, 9.17) is 5.11 Å². The van der Waals surface area contributed by atoms with Crippen LogP contribution in [0.3, 0.4) is 0 Å². The number of halogens is 3. The van der Waals surface area contributed by atoms with Crippen molar-refractivity contribution in [3.05, 3.63) is 89.5 Å². The number of carboxylic acid groups (broad SMARTS) is 1. The van der Waals surface area contributed by atoms with Gasteiger partial charge in [0.1, 0.15) is 5.75 Å². The number of hydrogen-bond acceptors (Lipinski definition) is 3. The molecule has 150 valence electrons. The Balaban J connectivity index is 1.90. The highest BCUT2D eigenvalue weighted by Gasteiger charge is 2.07. The average Bonchev–Trinajstić information content (AvgIpc) is 2.70. The standard InChI is InChI=1S/C22H17F3O4/c23-21(24)22(25)29-19-12-7-17(8-13-19)6-11-18(26)10-5-15-1-3-16(4-2-15)9-14-20(27)28/h1-8,10-13H,9,14H2,(H,27,28). The lowest BCUT2D eigenvalue weighted by Crippen LogP contribution is -1.97. The van der Waals surface area contributed by atoms with Gasteiger partial charge in [-0.25, -0.2) is 0 Å². The van der Waals surface area contributed by atoms with Crippen LogP contribution < -0.4 is 4.74 Å². The second-order valence-electron chi connectivity index (χ2n) is 5.91. The van der Waals surface area contributed by atoms with Crippen LogP contribution in [0.5, 0.6) is 5.75 Å². The monoisotopic (exact) mass is 402 g/mol. The SMILES string of the molecule is O=C(C=Cc1ccc(CCC(=O)O)cc1)C=Cc1ccc(OC(F)=C(F)F)cc1. The van der Waals surface area contributed by atoms with Crippen molar-refractivity contribution in [2.45, 2.75) is 12.8 Å². The van der Waals surface area contributed by atoms with E-state index in [1.165, 1.54) is 42.5 Å². The second kappa shape index (κ2) is 10.7. The Labute approximate surface area is 165 Å². The Hall–Kier alpha value is -3.61. The van der Waals surface area contributed by atoms with Gasteiger partial charge in [0.05, 0.1) is 0 Å². The smallest absolute Gasteiger partial charge is 0.344 e. The van der Waals surface area contributed by atoms with Gasteiger partial charge in [-0.15, -0.1) is 0 Å². The number of ketones is 1. The summed E-state index contributed by atoms with van der Waals surface area (Å²) in [5, 5.41) is 8.67. The molecule has 0 amide bonds. The van der Waals surface area contributed by atoms with Gasteiger partial charge >= 0.3 is 18.1 Å². The topological polar surface area (TPSA) is 63.6 Å². The summed E-state index contributed by atoms with van der Waals surface area (Å²) in [5.41, 5.74) is 2.29. The van der Waals surface area contributed by atoms with Gasteiger partial charge in [0, 0.05) is 6.42 Å². The van der Waals surface area contributed by atoms with Gasteiger partial charge < -0.3 is 9.84 Å². The average molecular weight is 402 g/mol. The Morgan fingerprint density at radius 1 is 0.862 bits per heavy atom. The summed E-state index contributed by atoms with van der Waals surface area (Å²) >= 11 is 0. The number of ether oxygens (including phenoxy) is 1. The minimum atomic E-state index is -2.54. The van der Waals surface area contributed by atoms with Gasteiger partial charge in [-0.1, -0.05) is 48.6 Å². The molecular formula is C22H17F3O4. The van der Waals surface area contributed by atoms with Crippen molar-refractivity contribution in [1.82, 2.24) is 0 Å². The zero-order valence-corrected chi connectivity index (χ0v) is 15.1. The molecule has 0 bridgehead atoms. The highest BCUT2D eigenvalue weighted by Crippen LogP contribution is 2.19. The van der Waals surface area contributed by atoms with Gasteiger partial charge in [0.2, 0.25) is 0 Å². The molecule has 0 aliphatic heterocycles. The number of carbonyl (C=O) groups excluding carboxylic acids is 1. The van der Waals surface area contributed by atoms with Crippen molar-refractivity contribution in [2.75, 3.05) is 0 Å². The molecule has 0 heterocycles. The van der Waals surface area contributed by atoms with Crippen LogP contribution in [-0.4, -0.2) is 16.9 Å². The molecular weight excluding hydrogens is 385 g/mol.